The zero-order valence-electron chi connectivity index (χ0n) is 11.8. The monoisotopic (exact) mass is 252 g/mol. The predicted octanol–water partition coefficient (Wildman–Crippen LogP) is 4.46. The molecular formula is C17H20N2. The van der Waals surface area contributed by atoms with Crippen LogP contribution >= 0.6 is 0 Å². The van der Waals surface area contributed by atoms with Crippen molar-refractivity contribution in [1.82, 2.24) is 0 Å². The van der Waals surface area contributed by atoms with Crippen LogP contribution < -0.4 is 5.73 Å². The van der Waals surface area contributed by atoms with Crippen molar-refractivity contribution >= 4 is 11.3 Å². The number of anilines is 1. The number of rotatable bonds is 4. The summed E-state index contributed by atoms with van der Waals surface area (Å²) in [5.41, 5.74) is 10.5. The topological polar surface area (TPSA) is 49.8 Å². The van der Waals surface area contributed by atoms with Crippen LogP contribution in [0.4, 0.5) is 5.69 Å². The lowest BCUT2D eigenvalue weighted by molar-refractivity contribution is 1.10. The van der Waals surface area contributed by atoms with E-state index in [4.69, 9.17) is 11.0 Å². The first-order chi connectivity index (χ1) is 9.12. The molecule has 0 fully saturated rings. The van der Waals surface area contributed by atoms with E-state index in [9.17, 15) is 0 Å². The van der Waals surface area contributed by atoms with Gasteiger partial charge in [-0.3, -0.25) is 0 Å². The van der Waals surface area contributed by atoms with E-state index in [1.165, 1.54) is 5.57 Å². The molecule has 1 aromatic rings. The molecule has 0 aromatic heterocycles. The summed E-state index contributed by atoms with van der Waals surface area (Å²) in [6.07, 6.45) is 9.14. The van der Waals surface area contributed by atoms with E-state index in [1.54, 1.807) is 12.1 Å². The number of nitrogens with zero attached hydrogens (tertiary/aromatic N) is 1. The number of benzene rings is 1. The molecule has 2 heteroatoms. The third-order valence-electron chi connectivity index (χ3n) is 2.94. The Hall–Kier alpha value is -2.27. The highest BCUT2D eigenvalue weighted by atomic mass is 14.6. The van der Waals surface area contributed by atoms with Crippen LogP contribution in [0.2, 0.25) is 0 Å². The Morgan fingerprint density at radius 2 is 2.11 bits per heavy atom. The molecule has 1 aromatic carbocycles. The second kappa shape index (κ2) is 7.23. The quantitative estimate of drug-likeness (QED) is 0.635. The van der Waals surface area contributed by atoms with Gasteiger partial charge in [-0.2, -0.15) is 5.26 Å². The molecule has 2 N–H and O–H groups in total. The maximum absolute atomic E-state index is 8.98. The highest BCUT2D eigenvalue weighted by Gasteiger charge is 2.04. The first-order valence-corrected chi connectivity index (χ1v) is 6.42. The van der Waals surface area contributed by atoms with Gasteiger partial charge >= 0.3 is 0 Å². The highest BCUT2D eigenvalue weighted by Crippen LogP contribution is 2.24. The molecule has 0 saturated carbocycles. The molecule has 0 aliphatic heterocycles. The summed E-state index contributed by atoms with van der Waals surface area (Å²) in [6, 6.07) is 7.49. The summed E-state index contributed by atoms with van der Waals surface area (Å²) in [5, 5.41) is 8.98. The van der Waals surface area contributed by atoms with E-state index in [2.05, 4.69) is 26.0 Å². The molecule has 0 aliphatic rings. The summed E-state index contributed by atoms with van der Waals surface area (Å²) >= 11 is 0. The van der Waals surface area contributed by atoms with Gasteiger partial charge in [0.25, 0.3) is 0 Å². The van der Waals surface area contributed by atoms with Gasteiger partial charge in [0.15, 0.2) is 0 Å². The standard InChI is InChI=1S/C17H20N2/c1-4-6-15(9-7-13(3)5-2)16-11-14(12-18)8-10-17(16)19/h4,6-11H,5,19H2,1-3H3/b6-4-,13-7+,15-9+. The van der Waals surface area contributed by atoms with Crippen molar-refractivity contribution in [3.8, 4) is 6.07 Å². The van der Waals surface area contributed by atoms with Gasteiger partial charge in [0.05, 0.1) is 11.6 Å². The number of hydrogen-bond acceptors (Lipinski definition) is 2. The summed E-state index contributed by atoms with van der Waals surface area (Å²) in [6.45, 7) is 6.19. The molecular weight excluding hydrogens is 232 g/mol. The van der Waals surface area contributed by atoms with Gasteiger partial charge in [-0.1, -0.05) is 36.8 Å². The molecule has 0 spiro atoms. The van der Waals surface area contributed by atoms with Gasteiger partial charge in [-0.15, -0.1) is 0 Å². The van der Waals surface area contributed by atoms with Crippen LogP contribution in [0.1, 0.15) is 38.3 Å². The molecule has 1 rings (SSSR count). The minimum absolute atomic E-state index is 0.621. The fourth-order valence-corrected chi connectivity index (χ4v) is 1.64. The Balaban J connectivity index is 3.31. The maximum Gasteiger partial charge on any atom is 0.0991 e. The maximum atomic E-state index is 8.98. The summed E-state index contributed by atoms with van der Waals surface area (Å²) in [5.74, 6) is 0. The van der Waals surface area contributed by atoms with Crippen LogP contribution in [0.25, 0.3) is 5.57 Å². The smallest absolute Gasteiger partial charge is 0.0991 e. The van der Waals surface area contributed by atoms with Gasteiger partial charge in [0.2, 0.25) is 0 Å². The number of hydrogen-bond donors (Lipinski definition) is 1. The Morgan fingerprint density at radius 3 is 2.68 bits per heavy atom. The minimum Gasteiger partial charge on any atom is -0.398 e. The number of allylic oxidation sites excluding steroid dienone is 6. The zero-order valence-corrected chi connectivity index (χ0v) is 11.8. The number of nitrogens with two attached hydrogens (primary N) is 1. The average Bonchev–Trinajstić information content (AvgIpc) is 2.43. The molecule has 98 valence electrons. The lowest BCUT2D eigenvalue weighted by atomic mass is 10.00. The van der Waals surface area contributed by atoms with Crippen molar-refractivity contribution in [2.24, 2.45) is 0 Å². The zero-order chi connectivity index (χ0) is 14.3. The van der Waals surface area contributed by atoms with Crippen LogP contribution in [0, 0.1) is 11.3 Å². The van der Waals surface area contributed by atoms with Gasteiger partial charge in [0, 0.05) is 11.3 Å². The molecule has 0 bridgehead atoms. The number of nitrogen functional groups attached to an aromatic ring is 1. The van der Waals surface area contributed by atoms with E-state index < -0.39 is 0 Å². The second-order valence-corrected chi connectivity index (χ2v) is 4.40. The molecule has 0 radical (unpaired) electrons. The molecule has 0 atom stereocenters. The lowest BCUT2D eigenvalue weighted by Crippen LogP contribution is -1.93. The third-order valence-corrected chi connectivity index (χ3v) is 2.94. The first kappa shape index (κ1) is 14.8. The van der Waals surface area contributed by atoms with Crippen molar-refractivity contribution in [3.63, 3.8) is 0 Å². The van der Waals surface area contributed by atoms with Crippen LogP contribution in [0.3, 0.4) is 0 Å². The SMILES string of the molecule is C\C=C/C(=C\C=C(/C)CC)c1cc(C#N)ccc1N. The van der Waals surface area contributed by atoms with E-state index in [-0.39, 0.29) is 0 Å². The van der Waals surface area contributed by atoms with E-state index in [1.807, 2.05) is 31.2 Å². The summed E-state index contributed by atoms with van der Waals surface area (Å²) < 4.78 is 0. The normalized spacial score (nSPS) is 12.7. The third kappa shape index (κ3) is 4.15. The Morgan fingerprint density at radius 1 is 1.37 bits per heavy atom. The molecule has 0 aliphatic carbocycles. The highest BCUT2D eigenvalue weighted by molar-refractivity contribution is 5.82. The van der Waals surface area contributed by atoms with Crippen molar-refractivity contribution in [3.05, 3.63) is 59.2 Å². The predicted molar refractivity (Wildman–Crippen MR) is 82.4 cm³/mol. The van der Waals surface area contributed by atoms with Crippen LogP contribution in [-0.4, -0.2) is 0 Å². The second-order valence-electron chi connectivity index (χ2n) is 4.40. The molecule has 2 nitrogen and oxygen atoms in total. The van der Waals surface area contributed by atoms with Gasteiger partial charge in [-0.25, -0.2) is 0 Å². The molecule has 0 heterocycles. The van der Waals surface area contributed by atoms with Crippen molar-refractivity contribution < 1.29 is 0 Å². The summed E-state index contributed by atoms with van der Waals surface area (Å²) in [4.78, 5) is 0. The number of nitriles is 1. The van der Waals surface area contributed by atoms with E-state index in [0.717, 1.165) is 17.6 Å². The van der Waals surface area contributed by atoms with E-state index in [0.29, 0.717) is 11.3 Å². The van der Waals surface area contributed by atoms with Crippen LogP contribution in [0.15, 0.2) is 48.1 Å². The first-order valence-electron chi connectivity index (χ1n) is 6.42. The van der Waals surface area contributed by atoms with Crippen molar-refractivity contribution in [2.75, 3.05) is 5.73 Å². The molecule has 0 unspecified atom stereocenters. The van der Waals surface area contributed by atoms with Crippen LogP contribution in [-0.2, 0) is 0 Å². The fourth-order valence-electron chi connectivity index (χ4n) is 1.64. The van der Waals surface area contributed by atoms with E-state index >= 15 is 0 Å². The lowest BCUT2D eigenvalue weighted by Gasteiger charge is -2.07. The van der Waals surface area contributed by atoms with Crippen LogP contribution in [0.5, 0.6) is 0 Å². The average molecular weight is 252 g/mol. The van der Waals surface area contributed by atoms with Crippen molar-refractivity contribution in [2.45, 2.75) is 27.2 Å². The van der Waals surface area contributed by atoms with Gasteiger partial charge in [0.1, 0.15) is 0 Å². The van der Waals surface area contributed by atoms with Crippen molar-refractivity contribution in [1.29, 1.82) is 5.26 Å². The Labute approximate surface area is 115 Å². The Kier molecular flexibility index (Phi) is 5.63. The fraction of sp³-hybridized carbons (Fsp3) is 0.235. The van der Waals surface area contributed by atoms with Gasteiger partial charge < -0.3 is 5.73 Å². The summed E-state index contributed by atoms with van der Waals surface area (Å²) in [7, 11) is 0. The Bertz CT molecular complexity index is 569. The molecule has 0 amide bonds. The van der Waals surface area contributed by atoms with Gasteiger partial charge in [-0.05, 0) is 44.0 Å². The molecule has 19 heavy (non-hydrogen) atoms. The minimum atomic E-state index is 0.621. The molecule has 0 saturated heterocycles. The largest absolute Gasteiger partial charge is 0.398 e.